The predicted octanol–water partition coefficient (Wildman–Crippen LogP) is -3.16. The Morgan fingerprint density at radius 1 is 1.14 bits per heavy atom. The summed E-state index contributed by atoms with van der Waals surface area (Å²) in [4.78, 5) is 0. The van der Waals surface area contributed by atoms with Gasteiger partial charge >= 0.3 is 0 Å². The van der Waals surface area contributed by atoms with Crippen LogP contribution < -0.4 is 5.73 Å². The summed E-state index contributed by atoms with van der Waals surface area (Å²) in [5.74, 6) is 0. The Balaban J connectivity index is 2.69. The number of aliphatic hydroxyl groups is 6. The van der Waals surface area contributed by atoms with Crippen LogP contribution >= 0.6 is 0 Å². The average molecular weight is 307 g/mol. The molecule has 0 radical (unpaired) electrons. The van der Waals surface area contributed by atoms with Gasteiger partial charge in [-0.3, -0.25) is 0 Å². The first-order valence-corrected chi connectivity index (χ1v) is 6.94. The van der Waals surface area contributed by atoms with Crippen molar-refractivity contribution in [2.75, 3.05) is 6.61 Å². The normalized spacial score (nSPS) is 38.4. The lowest BCUT2D eigenvalue weighted by Gasteiger charge is -2.39. The van der Waals surface area contributed by atoms with E-state index in [1.807, 2.05) is 0 Å². The number of rotatable bonds is 6. The standard InChI is InChI=1S/C13H25NO7/c1-2-7(16)10(17)6(14)3-4-8-11(18)13(20)12(19)9(5-15)21-8/h3-4,6-13,15-20H,2,5,14H2,1H3/b4-3-/t6-,7+,8+,9?,10-,11?,12-,13?/m0/s1. The van der Waals surface area contributed by atoms with E-state index >= 15 is 0 Å². The summed E-state index contributed by atoms with van der Waals surface area (Å²) in [6, 6.07) is -0.882. The van der Waals surface area contributed by atoms with Crippen LogP contribution in [0.5, 0.6) is 0 Å². The minimum atomic E-state index is -1.46. The van der Waals surface area contributed by atoms with Crippen LogP contribution in [0.2, 0.25) is 0 Å². The first kappa shape index (κ1) is 18.5. The van der Waals surface area contributed by atoms with E-state index in [1.54, 1.807) is 6.92 Å². The molecule has 0 aromatic carbocycles. The van der Waals surface area contributed by atoms with Gasteiger partial charge in [-0.05, 0) is 6.42 Å². The highest BCUT2D eigenvalue weighted by atomic mass is 16.5. The van der Waals surface area contributed by atoms with Crippen molar-refractivity contribution in [1.82, 2.24) is 0 Å². The third kappa shape index (κ3) is 4.44. The predicted molar refractivity (Wildman–Crippen MR) is 73.2 cm³/mol. The summed E-state index contributed by atoms with van der Waals surface area (Å²) in [7, 11) is 0. The number of hydrogen-bond acceptors (Lipinski definition) is 8. The SMILES string of the molecule is CC[C@@H](O)[C@@H](O)[C@@H](N)/C=C\[C@H]1OC(CO)[C@H](O)C(O)C1O. The quantitative estimate of drug-likeness (QED) is 0.253. The molecule has 1 fully saturated rings. The maximum absolute atomic E-state index is 9.81. The minimum absolute atomic E-state index is 0.336. The highest BCUT2D eigenvalue weighted by molar-refractivity contribution is 5.06. The van der Waals surface area contributed by atoms with E-state index in [4.69, 9.17) is 15.6 Å². The summed E-state index contributed by atoms with van der Waals surface area (Å²) in [5.41, 5.74) is 5.69. The molecule has 0 aliphatic carbocycles. The van der Waals surface area contributed by atoms with Crippen molar-refractivity contribution in [3.05, 3.63) is 12.2 Å². The molecule has 1 heterocycles. The first-order chi connectivity index (χ1) is 9.83. The topological polar surface area (TPSA) is 157 Å². The Bertz CT molecular complexity index is 338. The summed E-state index contributed by atoms with van der Waals surface area (Å²) in [6.45, 7) is 1.18. The molecule has 0 aromatic heterocycles. The zero-order chi connectivity index (χ0) is 16.2. The molecule has 1 aliphatic rings. The van der Waals surface area contributed by atoms with Crippen molar-refractivity contribution in [2.24, 2.45) is 5.73 Å². The molecule has 0 spiro atoms. The summed E-state index contributed by atoms with van der Waals surface area (Å²) >= 11 is 0. The van der Waals surface area contributed by atoms with Crippen molar-refractivity contribution in [1.29, 1.82) is 0 Å². The second-order valence-corrected chi connectivity index (χ2v) is 5.22. The second-order valence-electron chi connectivity index (χ2n) is 5.22. The molecule has 8 atom stereocenters. The van der Waals surface area contributed by atoms with Gasteiger partial charge in [0.15, 0.2) is 0 Å². The molecular weight excluding hydrogens is 282 g/mol. The fraction of sp³-hybridized carbons (Fsp3) is 0.846. The Morgan fingerprint density at radius 3 is 2.29 bits per heavy atom. The van der Waals surface area contributed by atoms with E-state index in [0.29, 0.717) is 6.42 Å². The zero-order valence-corrected chi connectivity index (χ0v) is 11.9. The Kier molecular flexibility index (Phi) is 7.17. The molecule has 8 N–H and O–H groups in total. The van der Waals surface area contributed by atoms with Crippen LogP contribution in [0.4, 0.5) is 0 Å². The summed E-state index contributed by atoms with van der Waals surface area (Å²) in [5, 5.41) is 57.3. The lowest BCUT2D eigenvalue weighted by atomic mass is 9.94. The minimum Gasteiger partial charge on any atom is -0.394 e. The van der Waals surface area contributed by atoms with Crippen molar-refractivity contribution in [3.63, 3.8) is 0 Å². The van der Waals surface area contributed by atoms with Crippen LogP contribution in [0.15, 0.2) is 12.2 Å². The molecule has 0 aromatic rings. The highest BCUT2D eigenvalue weighted by Crippen LogP contribution is 2.22. The monoisotopic (exact) mass is 307 g/mol. The van der Waals surface area contributed by atoms with E-state index in [0.717, 1.165) is 0 Å². The van der Waals surface area contributed by atoms with Gasteiger partial charge in [0.25, 0.3) is 0 Å². The van der Waals surface area contributed by atoms with Gasteiger partial charge in [-0.15, -0.1) is 0 Å². The molecule has 1 rings (SSSR count). The maximum atomic E-state index is 9.81. The van der Waals surface area contributed by atoms with Crippen LogP contribution in [0, 0.1) is 0 Å². The first-order valence-electron chi connectivity index (χ1n) is 6.94. The molecule has 124 valence electrons. The van der Waals surface area contributed by atoms with Crippen molar-refractivity contribution >= 4 is 0 Å². The van der Waals surface area contributed by atoms with Crippen molar-refractivity contribution in [3.8, 4) is 0 Å². The van der Waals surface area contributed by atoms with Gasteiger partial charge in [-0.1, -0.05) is 19.1 Å². The molecular formula is C13H25NO7. The van der Waals surface area contributed by atoms with E-state index in [1.165, 1.54) is 12.2 Å². The lowest BCUT2D eigenvalue weighted by molar-refractivity contribution is -0.216. The fourth-order valence-corrected chi connectivity index (χ4v) is 2.14. The second kappa shape index (κ2) is 8.16. The molecule has 0 amide bonds. The number of aliphatic hydroxyl groups excluding tert-OH is 6. The third-order valence-corrected chi connectivity index (χ3v) is 3.66. The van der Waals surface area contributed by atoms with Crippen molar-refractivity contribution in [2.45, 2.75) is 62.1 Å². The number of hydrogen-bond donors (Lipinski definition) is 7. The zero-order valence-electron chi connectivity index (χ0n) is 11.9. The Labute approximate surface area is 123 Å². The van der Waals surface area contributed by atoms with Gasteiger partial charge < -0.3 is 41.1 Å². The molecule has 1 saturated heterocycles. The highest BCUT2D eigenvalue weighted by Gasteiger charge is 2.42. The van der Waals surface area contributed by atoms with Crippen molar-refractivity contribution < 1.29 is 35.4 Å². The number of ether oxygens (including phenoxy) is 1. The lowest BCUT2D eigenvalue weighted by Crippen LogP contribution is -2.58. The van der Waals surface area contributed by atoms with Crippen LogP contribution in [0.3, 0.4) is 0 Å². The van der Waals surface area contributed by atoms with Crippen LogP contribution in [0.1, 0.15) is 13.3 Å². The third-order valence-electron chi connectivity index (χ3n) is 3.66. The summed E-state index contributed by atoms with van der Waals surface area (Å²) in [6.07, 6.45) is -5.39. The van der Waals surface area contributed by atoms with E-state index in [9.17, 15) is 25.5 Å². The Hall–Kier alpha value is -0.580. The summed E-state index contributed by atoms with van der Waals surface area (Å²) < 4.78 is 5.25. The smallest absolute Gasteiger partial charge is 0.112 e. The molecule has 0 saturated carbocycles. The van der Waals surface area contributed by atoms with Gasteiger partial charge in [-0.2, -0.15) is 0 Å². The molecule has 3 unspecified atom stereocenters. The van der Waals surface area contributed by atoms with Gasteiger partial charge in [-0.25, -0.2) is 0 Å². The van der Waals surface area contributed by atoms with Crippen LogP contribution in [-0.4, -0.2) is 86.0 Å². The van der Waals surface area contributed by atoms with Gasteiger partial charge in [0.1, 0.15) is 30.5 Å². The molecule has 8 nitrogen and oxygen atoms in total. The van der Waals surface area contributed by atoms with Crippen LogP contribution in [0.25, 0.3) is 0 Å². The molecule has 0 bridgehead atoms. The van der Waals surface area contributed by atoms with Gasteiger partial charge in [0.05, 0.1) is 24.9 Å². The van der Waals surface area contributed by atoms with Crippen LogP contribution in [-0.2, 0) is 4.74 Å². The molecule has 1 aliphatic heterocycles. The van der Waals surface area contributed by atoms with Gasteiger partial charge in [0, 0.05) is 0 Å². The number of nitrogens with two attached hydrogens (primary N) is 1. The van der Waals surface area contributed by atoms with E-state index in [2.05, 4.69) is 0 Å². The maximum Gasteiger partial charge on any atom is 0.112 e. The largest absolute Gasteiger partial charge is 0.394 e. The molecule has 8 heteroatoms. The average Bonchev–Trinajstić information content (AvgIpc) is 2.50. The molecule has 21 heavy (non-hydrogen) atoms. The van der Waals surface area contributed by atoms with E-state index < -0.39 is 55.4 Å². The Morgan fingerprint density at radius 2 is 1.76 bits per heavy atom. The fourth-order valence-electron chi connectivity index (χ4n) is 2.14. The van der Waals surface area contributed by atoms with E-state index in [-0.39, 0.29) is 0 Å². The van der Waals surface area contributed by atoms with Gasteiger partial charge in [0.2, 0.25) is 0 Å².